The van der Waals surface area contributed by atoms with E-state index in [9.17, 15) is 9.59 Å². The fourth-order valence-corrected chi connectivity index (χ4v) is 2.49. The van der Waals surface area contributed by atoms with Crippen molar-refractivity contribution in [3.63, 3.8) is 0 Å². The van der Waals surface area contributed by atoms with Crippen LogP contribution in [0.3, 0.4) is 0 Å². The van der Waals surface area contributed by atoms with Gasteiger partial charge < -0.3 is 19.6 Å². The van der Waals surface area contributed by atoms with Gasteiger partial charge in [-0.05, 0) is 36.4 Å². The lowest BCUT2D eigenvalue weighted by Gasteiger charge is -2.19. The Kier molecular flexibility index (Phi) is 4.81. The SMILES string of the molecule is N#CCCN(Cc1ccco1)C(=O)C(=O)Nc1ccc2[nH]ccc2c1. The Labute approximate surface area is 143 Å². The van der Waals surface area contributed by atoms with Crippen molar-refractivity contribution in [2.45, 2.75) is 13.0 Å². The van der Waals surface area contributed by atoms with Crippen LogP contribution < -0.4 is 5.32 Å². The van der Waals surface area contributed by atoms with Gasteiger partial charge in [0.15, 0.2) is 0 Å². The summed E-state index contributed by atoms with van der Waals surface area (Å²) < 4.78 is 5.22. The van der Waals surface area contributed by atoms with Gasteiger partial charge in [-0.15, -0.1) is 0 Å². The third kappa shape index (κ3) is 3.87. The van der Waals surface area contributed by atoms with E-state index in [1.54, 1.807) is 30.5 Å². The maximum Gasteiger partial charge on any atom is 0.313 e. The standard InChI is InChI=1S/C18H16N4O3/c19-7-2-9-22(12-15-3-1-10-25-15)18(24)17(23)21-14-4-5-16-13(11-14)6-8-20-16/h1,3-6,8,10-11,20H,2,9,12H2,(H,21,23). The monoisotopic (exact) mass is 336 g/mol. The number of nitrogens with zero attached hydrogens (tertiary/aromatic N) is 2. The summed E-state index contributed by atoms with van der Waals surface area (Å²) in [6, 6.07) is 12.6. The quantitative estimate of drug-likeness (QED) is 0.699. The average Bonchev–Trinajstić information content (AvgIpc) is 3.28. The maximum atomic E-state index is 12.4. The molecule has 0 unspecified atom stereocenters. The minimum Gasteiger partial charge on any atom is -0.467 e. The predicted molar refractivity (Wildman–Crippen MR) is 91.3 cm³/mol. The van der Waals surface area contributed by atoms with Crippen LogP contribution in [0.25, 0.3) is 10.9 Å². The van der Waals surface area contributed by atoms with Crippen molar-refractivity contribution in [2.24, 2.45) is 0 Å². The van der Waals surface area contributed by atoms with Gasteiger partial charge in [-0.2, -0.15) is 5.26 Å². The zero-order valence-corrected chi connectivity index (χ0v) is 13.4. The largest absolute Gasteiger partial charge is 0.467 e. The molecule has 2 amide bonds. The van der Waals surface area contributed by atoms with Gasteiger partial charge in [-0.3, -0.25) is 9.59 Å². The second kappa shape index (κ2) is 7.36. The number of carbonyl (C=O) groups is 2. The number of fused-ring (bicyclic) bond motifs is 1. The molecule has 2 aromatic heterocycles. The molecule has 0 atom stereocenters. The molecule has 0 aliphatic rings. The molecule has 1 aromatic carbocycles. The minimum absolute atomic E-state index is 0.134. The summed E-state index contributed by atoms with van der Waals surface area (Å²) >= 11 is 0. The number of benzene rings is 1. The Morgan fingerprint density at radius 3 is 2.92 bits per heavy atom. The van der Waals surface area contributed by atoms with Gasteiger partial charge in [-0.1, -0.05) is 0 Å². The molecule has 25 heavy (non-hydrogen) atoms. The first-order valence-corrected chi connectivity index (χ1v) is 7.74. The molecule has 0 bridgehead atoms. The van der Waals surface area contributed by atoms with Crippen LogP contribution in [0.5, 0.6) is 0 Å². The second-order valence-corrected chi connectivity index (χ2v) is 5.45. The van der Waals surface area contributed by atoms with Crippen LogP contribution in [-0.4, -0.2) is 28.2 Å². The van der Waals surface area contributed by atoms with E-state index in [4.69, 9.17) is 9.68 Å². The third-order valence-corrected chi connectivity index (χ3v) is 3.71. The maximum absolute atomic E-state index is 12.4. The lowest BCUT2D eigenvalue weighted by atomic mass is 10.2. The van der Waals surface area contributed by atoms with Gasteiger partial charge in [0.1, 0.15) is 5.76 Å². The molecule has 0 saturated carbocycles. The van der Waals surface area contributed by atoms with Crippen molar-refractivity contribution in [3.05, 3.63) is 54.6 Å². The molecule has 0 aliphatic carbocycles. The number of rotatable bonds is 5. The first kappa shape index (κ1) is 16.3. The van der Waals surface area contributed by atoms with Crippen LogP contribution in [0.2, 0.25) is 0 Å². The number of hydrogen-bond acceptors (Lipinski definition) is 4. The molecular formula is C18H16N4O3. The smallest absolute Gasteiger partial charge is 0.313 e. The number of aromatic amines is 1. The Balaban J connectivity index is 1.71. The van der Waals surface area contributed by atoms with Crippen LogP contribution in [0.4, 0.5) is 5.69 Å². The third-order valence-electron chi connectivity index (χ3n) is 3.71. The van der Waals surface area contributed by atoms with Crippen molar-refractivity contribution in [1.82, 2.24) is 9.88 Å². The highest BCUT2D eigenvalue weighted by atomic mass is 16.3. The molecule has 0 saturated heterocycles. The number of amides is 2. The number of H-pyrrole nitrogens is 1. The number of anilines is 1. The van der Waals surface area contributed by atoms with E-state index in [2.05, 4.69) is 10.3 Å². The van der Waals surface area contributed by atoms with Crippen LogP contribution in [0, 0.1) is 11.3 Å². The summed E-state index contributed by atoms with van der Waals surface area (Å²) in [7, 11) is 0. The number of nitriles is 1. The van der Waals surface area contributed by atoms with Crippen LogP contribution >= 0.6 is 0 Å². The van der Waals surface area contributed by atoms with E-state index in [0.29, 0.717) is 11.4 Å². The van der Waals surface area contributed by atoms with Crippen molar-refractivity contribution < 1.29 is 14.0 Å². The number of nitrogens with one attached hydrogen (secondary N) is 2. The molecule has 2 heterocycles. The average molecular weight is 336 g/mol. The fraction of sp³-hybridized carbons (Fsp3) is 0.167. The molecule has 0 fully saturated rings. The normalized spacial score (nSPS) is 10.4. The topological polar surface area (TPSA) is 102 Å². The van der Waals surface area contributed by atoms with E-state index in [0.717, 1.165) is 10.9 Å². The number of aromatic nitrogens is 1. The van der Waals surface area contributed by atoms with Gasteiger partial charge in [0.2, 0.25) is 0 Å². The zero-order chi connectivity index (χ0) is 17.6. The Hall–Kier alpha value is -3.53. The lowest BCUT2D eigenvalue weighted by Crippen LogP contribution is -2.39. The van der Waals surface area contributed by atoms with E-state index in [-0.39, 0.29) is 19.5 Å². The van der Waals surface area contributed by atoms with Crippen molar-refractivity contribution in [3.8, 4) is 6.07 Å². The zero-order valence-electron chi connectivity index (χ0n) is 13.4. The minimum atomic E-state index is -0.751. The summed E-state index contributed by atoms with van der Waals surface area (Å²) in [4.78, 5) is 29.1. The second-order valence-electron chi connectivity index (χ2n) is 5.45. The number of furan rings is 1. The van der Waals surface area contributed by atoms with E-state index in [1.165, 1.54) is 11.2 Å². The lowest BCUT2D eigenvalue weighted by molar-refractivity contribution is -0.143. The summed E-state index contributed by atoms with van der Waals surface area (Å²) in [6.45, 7) is 0.290. The van der Waals surface area contributed by atoms with Crippen LogP contribution in [0.1, 0.15) is 12.2 Å². The highest BCUT2D eigenvalue weighted by molar-refractivity contribution is 6.39. The van der Waals surface area contributed by atoms with Crippen molar-refractivity contribution in [1.29, 1.82) is 5.26 Å². The van der Waals surface area contributed by atoms with Gasteiger partial charge in [0, 0.05) is 29.3 Å². The summed E-state index contributed by atoms with van der Waals surface area (Å²) in [5.41, 5.74) is 1.47. The molecular weight excluding hydrogens is 320 g/mol. The van der Waals surface area contributed by atoms with Gasteiger partial charge in [0.05, 0.1) is 25.3 Å². The molecule has 3 aromatic rings. The highest BCUT2D eigenvalue weighted by Gasteiger charge is 2.22. The molecule has 2 N–H and O–H groups in total. The number of hydrogen-bond donors (Lipinski definition) is 2. The molecule has 126 valence electrons. The van der Waals surface area contributed by atoms with Crippen molar-refractivity contribution >= 4 is 28.4 Å². The Bertz CT molecular complexity index is 921. The van der Waals surface area contributed by atoms with Gasteiger partial charge in [0.25, 0.3) is 0 Å². The van der Waals surface area contributed by atoms with Crippen LogP contribution in [0.15, 0.2) is 53.3 Å². The van der Waals surface area contributed by atoms with Crippen molar-refractivity contribution in [2.75, 3.05) is 11.9 Å². The number of carbonyl (C=O) groups excluding carboxylic acids is 2. The predicted octanol–water partition coefficient (Wildman–Crippen LogP) is 2.64. The van der Waals surface area contributed by atoms with E-state index in [1.807, 2.05) is 18.2 Å². The Morgan fingerprint density at radius 1 is 1.28 bits per heavy atom. The first-order valence-electron chi connectivity index (χ1n) is 7.74. The fourth-order valence-electron chi connectivity index (χ4n) is 2.49. The summed E-state index contributed by atoms with van der Waals surface area (Å²) in [6.07, 6.45) is 3.43. The molecule has 0 spiro atoms. The van der Waals surface area contributed by atoms with Gasteiger partial charge in [-0.25, -0.2) is 0 Å². The van der Waals surface area contributed by atoms with Crippen LogP contribution in [-0.2, 0) is 16.1 Å². The van der Waals surface area contributed by atoms with E-state index < -0.39 is 11.8 Å². The molecule has 0 radical (unpaired) electrons. The molecule has 0 aliphatic heterocycles. The molecule has 7 nitrogen and oxygen atoms in total. The molecule has 3 rings (SSSR count). The first-order chi connectivity index (χ1) is 12.2. The molecule has 7 heteroatoms. The van der Waals surface area contributed by atoms with E-state index >= 15 is 0 Å². The van der Waals surface area contributed by atoms with Gasteiger partial charge >= 0.3 is 11.8 Å². The highest BCUT2D eigenvalue weighted by Crippen LogP contribution is 2.18. The summed E-state index contributed by atoms with van der Waals surface area (Å²) in [5.74, 6) is -0.909. The Morgan fingerprint density at radius 2 is 2.16 bits per heavy atom. The summed E-state index contributed by atoms with van der Waals surface area (Å²) in [5, 5.41) is 12.3.